The smallest absolute Gasteiger partial charge is 0.140 e. The minimum Gasteiger partial charge on any atom is -0.485 e. The molecule has 0 bridgehead atoms. The molecule has 0 N–H and O–H groups in total. The summed E-state index contributed by atoms with van der Waals surface area (Å²) in [6, 6.07) is 1.89. The monoisotopic (exact) mass is 326 g/mol. The van der Waals surface area contributed by atoms with Crippen LogP contribution in [0, 0.1) is 0 Å². The molecule has 0 spiro atoms. The fraction of sp³-hybridized carbons (Fsp3) is 0.385. The Labute approximate surface area is 119 Å². The predicted molar refractivity (Wildman–Crippen MR) is 77.1 cm³/mol. The number of pyridine rings is 1. The highest BCUT2D eigenvalue weighted by Crippen LogP contribution is 2.24. The standard InChI is InChI=1S/C13H15BrN2OS/c1-13(2,3)11-8-18-12(16-11)7-17-10-4-9(14)5-15-6-10/h4-6,8H,7H2,1-3H3. The van der Waals surface area contributed by atoms with E-state index in [1.165, 1.54) is 0 Å². The van der Waals surface area contributed by atoms with Gasteiger partial charge in [-0.1, -0.05) is 20.8 Å². The number of hydrogen-bond donors (Lipinski definition) is 0. The zero-order valence-electron chi connectivity index (χ0n) is 10.6. The van der Waals surface area contributed by atoms with E-state index in [4.69, 9.17) is 4.74 Å². The Bertz CT molecular complexity index is 534. The fourth-order valence-corrected chi connectivity index (χ4v) is 2.61. The van der Waals surface area contributed by atoms with Gasteiger partial charge in [0.1, 0.15) is 17.4 Å². The summed E-state index contributed by atoms with van der Waals surface area (Å²) in [4.78, 5) is 8.63. The second-order valence-electron chi connectivity index (χ2n) is 5.00. The molecule has 0 amide bonds. The van der Waals surface area contributed by atoms with Gasteiger partial charge in [-0.25, -0.2) is 4.98 Å². The van der Waals surface area contributed by atoms with E-state index < -0.39 is 0 Å². The van der Waals surface area contributed by atoms with E-state index >= 15 is 0 Å². The first-order chi connectivity index (χ1) is 8.45. The van der Waals surface area contributed by atoms with Crippen LogP contribution in [0.1, 0.15) is 31.5 Å². The Morgan fingerprint density at radius 1 is 1.33 bits per heavy atom. The molecule has 0 aliphatic rings. The molecule has 0 aromatic carbocycles. The third-order valence-electron chi connectivity index (χ3n) is 2.36. The first-order valence-electron chi connectivity index (χ1n) is 5.63. The van der Waals surface area contributed by atoms with Gasteiger partial charge in [-0.2, -0.15) is 0 Å². The lowest BCUT2D eigenvalue weighted by atomic mass is 9.93. The van der Waals surface area contributed by atoms with Crippen LogP contribution in [0.2, 0.25) is 0 Å². The average molecular weight is 327 g/mol. The molecule has 96 valence electrons. The maximum Gasteiger partial charge on any atom is 0.140 e. The van der Waals surface area contributed by atoms with Crippen molar-refractivity contribution < 1.29 is 4.74 Å². The Morgan fingerprint density at radius 3 is 2.72 bits per heavy atom. The van der Waals surface area contributed by atoms with E-state index in [2.05, 4.69) is 52.0 Å². The summed E-state index contributed by atoms with van der Waals surface area (Å²) in [5.41, 5.74) is 1.20. The zero-order chi connectivity index (χ0) is 13.2. The normalized spacial score (nSPS) is 11.6. The van der Waals surface area contributed by atoms with E-state index in [1.807, 2.05) is 6.07 Å². The third kappa shape index (κ3) is 3.53. The van der Waals surface area contributed by atoms with Gasteiger partial charge in [0.15, 0.2) is 0 Å². The number of thiazole rings is 1. The van der Waals surface area contributed by atoms with E-state index in [0.29, 0.717) is 6.61 Å². The number of nitrogens with zero attached hydrogens (tertiary/aromatic N) is 2. The van der Waals surface area contributed by atoms with Gasteiger partial charge in [0.2, 0.25) is 0 Å². The van der Waals surface area contributed by atoms with Gasteiger partial charge in [0.25, 0.3) is 0 Å². The van der Waals surface area contributed by atoms with Crippen LogP contribution >= 0.6 is 27.3 Å². The van der Waals surface area contributed by atoms with Gasteiger partial charge in [-0.05, 0) is 22.0 Å². The molecule has 3 nitrogen and oxygen atoms in total. The topological polar surface area (TPSA) is 35.0 Å². The molecule has 2 heterocycles. The number of hydrogen-bond acceptors (Lipinski definition) is 4. The number of rotatable bonds is 3. The van der Waals surface area contributed by atoms with Gasteiger partial charge >= 0.3 is 0 Å². The molecule has 0 fully saturated rings. The van der Waals surface area contributed by atoms with Crippen molar-refractivity contribution in [2.75, 3.05) is 0 Å². The molecule has 2 aromatic rings. The van der Waals surface area contributed by atoms with Crippen LogP contribution in [0.3, 0.4) is 0 Å². The lowest BCUT2D eigenvalue weighted by Crippen LogP contribution is -2.11. The molecule has 18 heavy (non-hydrogen) atoms. The van der Waals surface area contributed by atoms with E-state index in [-0.39, 0.29) is 5.41 Å². The molecule has 0 aliphatic heterocycles. The van der Waals surface area contributed by atoms with Crippen LogP contribution < -0.4 is 4.74 Å². The highest BCUT2D eigenvalue weighted by atomic mass is 79.9. The van der Waals surface area contributed by atoms with Crippen molar-refractivity contribution in [1.82, 2.24) is 9.97 Å². The van der Waals surface area contributed by atoms with Gasteiger partial charge in [-0.3, -0.25) is 4.98 Å². The number of aromatic nitrogens is 2. The van der Waals surface area contributed by atoms with Gasteiger partial charge in [0, 0.05) is 21.5 Å². The van der Waals surface area contributed by atoms with Crippen molar-refractivity contribution in [3.8, 4) is 5.75 Å². The minimum atomic E-state index is 0.0894. The molecule has 0 unspecified atom stereocenters. The lowest BCUT2D eigenvalue weighted by Gasteiger charge is -2.14. The summed E-state index contributed by atoms with van der Waals surface area (Å²) in [5.74, 6) is 0.747. The van der Waals surface area contributed by atoms with E-state index in [0.717, 1.165) is 20.9 Å². The number of ether oxygens (including phenoxy) is 1. The van der Waals surface area contributed by atoms with Gasteiger partial charge in [0.05, 0.1) is 11.9 Å². The van der Waals surface area contributed by atoms with E-state index in [1.54, 1.807) is 23.7 Å². The largest absolute Gasteiger partial charge is 0.485 e. The van der Waals surface area contributed by atoms with Crippen molar-refractivity contribution in [1.29, 1.82) is 0 Å². The first kappa shape index (κ1) is 13.5. The Kier molecular flexibility index (Phi) is 4.02. The van der Waals surface area contributed by atoms with Crippen molar-refractivity contribution in [2.45, 2.75) is 32.8 Å². The van der Waals surface area contributed by atoms with Crippen LogP contribution in [0.4, 0.5) is 0 Å². The van der Waals surface area contributed by atoms with Crippen molar-refractivity contribution in [3.05, 3.63) is 39.0 Å². The van der Waals surface area contributed by atoms with Crippen LogP contribution in [0.25, 0.3) is 0 Å². The second kappa shape index (κ2) is 5.36. The highest BCUT2D eigenvalue weighted by Gasteiger charge is 2.17. The predicted octanol–water partition coefficient (Wildman–Crippen LogP) is 4.18. The summed E-state index contributed by atoms with van der Waals surface area (Å²) in [6.07, 6.45) is 3.43. The summed E-state index contributed by atoms with van der Waals surface area (Å²) in [7, 11) is 0. The third-order valence-corrected chi connectivity index (χ3v) is 3.62. The Balaban J connectivity index is 2.01. The van der Waals surface area contributed by atoms with Crippen LogP contribution in [0.15, 0.2) is 28.3 Å². The maximum atomic E-state index is 5.65. The molecule has 5 heteroatoms. The molecule has 0 radical (unpaired) electrons. The van der Waals surface area contributed by atoms with Crippen LogP contribution in [-0.4, -0.2) is 9.97 Å². The summed E-state index contributed by atoms with van der Waals surface area (Å²) in [6.45, 7) is 6.96. The Morgan fingerprint density at radius 2 is 2.11 bits per heavy atom. The summed E-state index contributed by atoms with van der Waals surface area (Å²) >= 11 is 4.99. The lowest BCUT2D eigenvalue weighted by molar-refractivity contribution is 0.303. The second-order valence-corrected chi connectivity index (χ2v) is 6.86. The molecular weight excluding hydrogens is 312 g/mol. The highest BCUT2D eigenvalue weighted by molar-refractivity contribution is 9.10. The zero-order valence-corrected chi connectivity index (χ0v) is 13.0. The maximum absolute atomic E-state index is 5.65. The van der Waals surface area contributed by atoms with Crippen LogP contribution in [0.5, 0.6) is 5.75 Å². The molecule has 0 saturated heterocycles. The Hall–Kier alpha value is -0.940. The molecule has 2 aromatic heterocycles. The molecule has 2 rings (SSSR count). The SMILES string of the molecule is CC(C)(C)c1csc(COc2cncc(Br)c2)n1. The minimum absolute atomic E-state index is 0.0894. The van der Waals surface area contributed by atoms with Crippen molar-refractivity contribution >= 4 is 27.3 Å². The fourth-order valence-electron chi connectivity index (χ4n) is 1.34. The van der Waals surface area contributed by atoms with Gasteiger partial charge in [-0.15, -0.1) is 11.3 Å². The van der Waals surface area contributed by atoms with Crippen molar-refractivity contribution in [3.63, 3.8) is 0 Å². The summed E-state index contributed by atoms with van der Waals surface area (Å²) < 4.78 is 6.57. The van der Waals surface area contributed by atoms with Crippen molar-refractivity contribution in [2.24, 2.45) is 0 Å². The number of halogens is 1. The quantitative estimate of drug-likeness (QED) is 0.848. The summed E-state index contributed by atoms with van der Waals surface area (Å²) in [5, 5.41) is 3.08. The first-order valence-corrected chi connectivity index (χ1v) is 7.30. The molecule has 0 atom stereocenters. The average Bonchev–Trinajstić information content (AvgIpc) is 2.74. The molecular formula is C13H15BrN2OS. The molecule has 0 saturated carbocycles. The van der Waals surface area contributed by atoms with Crippen LogP contribution in [-0.2, 0) is 12.0 Å². The van der Waals surface area contributed by atoms with Gasteiger partial charge < -0.3 is 4.74 Å². The molecule has 0 aliphatic carbocycles. The van der Waals surface area contributed by atoms with E-state index in [9.17, 15) is 0 Å².